The first-order chi connectivity index (χ1) is 4.79. The Labute approximate surface area is 68.0 Å². The predicted molar refractivity (Wildman–Crippen MR) is 52.0 cm³/mol. The van der Waals surface area contributed by atoms with Crippen LogP contribution in [0.1, 0.15) is 0 Å². The first-order valence-corrected chi connectivity index (χ1v) is 5.62. The average molecular weight is 177 g/mol. The molecule has 0 radical (unpaired) electrons. The fourth-order valence-corrected chi connectivity index (χ4v) is 1.16. The number of rotatable bonds is 2. The van der Waals surface area contributed by atoms with Gasteiger partial charge in [-0.2, -0.15) is 0 Å². The molecule has 0 spiro atoms. The van der Waals surface area contributed by atoms with E-state index in [4.69, 9.17) is 0 Å². The Morgan fingerprint density at radius 1 is 1.90 bits per heavy atom. The minimum Gasteiger partial charge on any atom is -0.355 e. The summed E-state index contributed by atoms with van der Waals surface area (Å²) in [5.74, 6) is 5.42. The van der Waals surface area contributed by atoms with Gasteiger partial charge in [-0.1, -0.05) is 5.87 Å². The summed E-state index contributed by atoms with van der Waals surface area (Å²) in [6, 6.07) is 0. The predicted octanol–water partition coefficient (Wildman–Crippen LogP) is 0.0384. The van der Waals surface area contributed by atoms with Crippen molar-refractivity contribution in [3.63, 3.8) is 0 Å². The fraction of sp³-hybridized carbons (Fsp3) is 0.600. The van der Waals surface area contributed by atoms with Crippen molar-refractivity contribution in [2.24, 2.45) is 4.99 Å². The summed E-state index contributed by atoms with van der Waals surface area (Å²) < 4.78 is 0. The van der Waals surface area contributed by atoms with Gasteiger partial charge >= 0.3 is 0 Å². The number of nitrogens with one attached hydrogen (secondary N) is 2. The zero-order valence-electron chi connectivity index (χ0n) is 5.63. The summed E-state index contributed by atoms with van der Waals surface area (Å²) in [6.07, 6.45) is 0. The topological polar surface area (TPSA) is 36.4 Å². The van der Waals surface area contributed by atoms with Crippen LogP contribution in [-0.4, -0.2) is 30.8 Å². The molecule has 1 rings (SSSR count). The van der Waals surface area contributed by atoms with E-state index in [1.165, 1.54) is 0 Å². The van der Waals surface area contributed by atoms with E-state index in [0.29, 0.717) is 0 Å². The number of guanidine groups is 1. The SMILES string of the molecule is C=S(S)CNC1=NCCN1. The third-order valence-electron chi connectivity index (χ3n) is 1.08. The molecule has 10 heavy (non-hydrogen) atoms. The van der Waals surface area contributed by atoms with Crippen molar-refractivity contribution in [3.05, 3.63) is 0 Å². The zero-order valence-corrected chi connectivity index (χ0v) is 7.34. The highest BCUT2D eigenvalue weighted by molar-refractivity contribution is 8.76. The lowest BCUT2D eigenvalue weighted by Crippen LogP contribution is -2.33. The van der Waals surface area contributed by atoms with Crippen LogP contribution in [0.4, 0.5) is 0 Å². The maximum Gasteiger partial charge on any atom is 0.192 e. The van der Waals surface area contributed by atoms with Gasteiger partial charge in [-0.3, -0.25) is 4.99 Å². The van der Waals surface area contributed by atoms with E-state index in [0.717, 1.165) is 24.9 Å². The van der Waals surface area contributed by atoms with Gasteiger partial charge in [-0.15, -0.1) is 21.2 Å². The van der Waals surface area contributed by atoms with Gasteiger partial charge in [-0.05, 0) is 0 Å². The van der Waals surface area contributed by atoms with E-state index in [-0.39, 0.29) is 9.52 Å². The Balaban J connectivity index is 2.19. The van der Waals surface area contributed by atoms with E-state index < -0.39 is 0 Å². The van der Waals surface area contributed by atoms with E-state index in [1.807, 2.05) is 0 Å². The van der Waals surface area contributed by atoms with Crippen molar-refractivity contribution < 1.29 is 0 Å². The highest BCUT2D eigenvalue weighted by atomic mass is 33.1. The maximum absolute atomic E-state index is 4.14. The van der Waals surface area contributed by atoms with Crippen LogP contribution in [0.3, 0.4) is 0 Å². The van der Waals surface area contributed by atoms with Crippen molar-refractivity contribution in [1.82, 2.24) is 10.6 Å². The molecule has 1 aliphatic rings. The normalized spacial score (nSPS) is 19.5. The van der Waals surface area contributed by atoms with Gasteiger partial charge < -0.3 is 10.6 Å². The molecule has 1 heterocycles. The summed E-state index contributed by atoms with van der Waals surface area (Å²) in [6.45, 7) is 1.82. The quantitative estimate of drug-likeness (QED) is 0.316. The van der Waals surface area contributed by atoms with Crippen molar-refractivity contribution in [1.29, 1.82) is 0 Å². The van der Waals surface area contributed by atoms with Gasteiger partial charge in [0.15, 0.2) is 5.96 Å². The highest BCUT2D eigenvalue weighted by Gasteiger charge is 2.01. The largest absolute Gasteiger partial charge is 0.355 e. The van der Waals surface area contributed by atoms with Gasteiger partial charge in [0.25, 0.3) is 0 Å². The van der Waals surface area contributed by atoms with Crippen LogP contribution in [0.2, 0.25) is 0 Å². The average Bonchev–Trinajstić information content (AvgIpc) is 2.34. The molecule has 0 amide bonds. The Morgan fingerprint density at radius 2 is 2.70 bits per heavy atom. The molecule has 0 bridgehead atoms. The van der Waals surface area contributed by atoms with Crippen LogP contribution >= 0.6 is 21.2 Å². The molecule has 0 fully saturated rings. The molecule has 0 saturated carbocycles. The molecule has 0 aromatic heterocycles. The molecule has 0 aromatic rings. The van der Waals surface area contributed by atoms with E-state index in [2.05, 4.69) is 33.2 Å². The summed E-state index contributed by atoms with van der Waals surface area (Å²) >= 11 is 4.14. The first kappa shape index (κ1) is 7.94. The lowest BCUT2D eigenvalue weighted by atomic mass is 10.7. The standard InChI is InChI=1S/C5H11N3S2/c1-10(9)4-8-5-6-2-3-7-5/h9H,1-4H2,(H2,6,7,8). The summed E-state index contributed by atoms with van der Waals surface area (Å²) in [5, 5.41) is 6.19. The van der Waals surface area contributed by atoms with Crippen LogP contribution in [0, 0.1) is 0 Å². The molecule has 5 heteroatoms. The third-order valence-corrected chi connectivity index (χ3v) is 1.95. The van der Waals surface area contributed by atoms with Gasteiger partial charge in [-0.25, -0.2) is 0 Å². The van der Waals surface area contributed by atoms with Crippen molar-refractivity contribution in [2.45, 2.75) is 0 Å². The number of aliphatic imine (C=N–C) groups is 1. The maximum atomic E-state index is 4.14. The molecule has 1 atom stereocenters. The fourth-order valence-electron chi connectivity index (χ4n) is 0.668. The lowest BCUT2D eigenvalue weighted by molar-refractivity contribution is 0.937. The minimum atomic E-state index is -0.0991. The zero-order chi connectivity index (χ0) is 7.40. The van der Waals surface area contributed by atoms with E-state index in [1.54, 1.807) is 0 Å². The smallest absolute Gasteiger partial charge is 0.192 e. The van der Waals surface area contributed by atoms with Crippen molar-refractivity contribution in [2.75, 3.05) is 19.0 Å². The Kier molecular flexibility index (Phi) is 3.08. The second-order valence-corrected chi connectivity index (χ2v) is 4.70. The van der Waals surface area contributed by atoms with Crippen LogP contribution in [0.15, 0.2) is 4.99 Å². The van der Waals surface area contributed by atoms with Crippen LogP contribution in [-0.2, 0) is 0 Å². The molecular weight excluding hydrogens is 166 g/mol. The Morgan fingerprint density at radius 3 is 3.20 bits per heavy atom. The van der Waals surface area contributed by atoms with Gasteiger partial charge in [0, 0.05) is 6.54 Å². The second kappa shape index (κ2) is 3.88. The molecule has 2 N–H and O–H groups in total. The van der Waals surface area contributed by atoms with Crippen molar-refractivity contribution in [3.8, 4) is 0 Å². The third kappa shape index (κ3) is 2.62. The van der Waals surface area contributed by atoms with Crippen LogP contribution in [0.25, 0.3) is 0 Å². The first-order valence-electron chi connectivity index (χ1n) is 3.01. The highest BCUT2D eigenvalue weighted by Crippen LogP contribution is 2.10. The Bertz CT molecular complexity index is 166. The lowest BCUT2D eigenvalue weighted by Gasteiger charge is -2.04. The van der Waals surface area contributed by atoms with Gasteiger partial charge in [0.1, 0.15) is 0 Å². The molecule has 0 saturated heterocycles. The van der Waals surface area contributed by atoms with Gasteiger partial charge in [0.05, 0.1) is 12.4 Å². The number of nitrogens with zero attached hydrogens (tertiary/aromatic N) is 1. The number of thiol groups is 1. The molecule has 0 aliphatic carbocycles. The number of hydrogen-bond acceptors (Lipinski definition) is 4. The van der Waals surface area contributed by atoms with E-state index >= 15 is 0 Å². The van der Waals surface area contributed by atoms with Crippen molar-refractivity contribution >= 4 is 33.0 Å². The monoisotopic (exact) mass is 177 g/mol. The summed E-state index contributed by atoms with van der Waals surface area (Å²) in [5.41, 5.74) is 0. The summed E-state index contributed by atoms with van der Waals surface area (Å²) in [7, 11) is -0.0991. The molecular formula is C5H11N3S2. The molecule has 1 aliphatic heterocycles. The molecule has 0 aromatic carbocycles. The summed E-state index contributed by atoms with van der Waals surface area (Å²) in [4.78, 5) is 4.14. The second-order valence-electron chi connectivity index (χ2n) is 1.94. The number of hydrogen-bond donors (Lipinski definition) is 3. The molecule has 1 unspecified atom stereocenters. The van der Waals surface area contributed by atoms with Crippen LogP contribution in [0.5, 0.6) is 0 Å². The van der Waals surface area contributed by atoms with Crippen LogP contribution < -0.4 is 10.6 Å². The Hall–Kier alpha value is -0.160. The van der Waals surface area contributed by atoms with Gasteiger partial charge in [0.2, 0.25) is 0 Å². The minimum absolute atomic E-state index is 0.0991. The molecule has 3 nitrogen and oxygen atoms in total. The van der Waals surface area contributed by atoms with E-state index in [9.17, 15) is 0 Å². The molecule has 58 valence electrons.